The molecule has 1 atom stereocenters. The fraction of sp³-hybridized carbons (Fsp3) is 0.200. The molecule has 2 aromatic rings. The Labute approximate surface area is 133 Å². The maximum Gasteiger partial charge on any atom is 0.262 e. The van der Waals surface area contributed by atoms with Crippen molar-refractivity contribution in [2.75, 3.05) is 11.9 Å². The summed E-state index contributed by atoms with van der Waals surface area (Å²) in [5.41, 5.74) is 1.10. The molecule has 23 heavy (non-hydrogen) atoms. The average Bonchev–Trinajstić information content (AvgIpc) is 2.54. The van der Waals surface area contributed by atoms with Crippen LogP contribution in [0, 0.1) is 0 Å². The second-order valence-corrected chi connectivity index (χ2v) is 6.84. The summed E-state index contributed by atoms with van der Waals surface area (Å²) in [6.45, 7) is 1.66. The molecule has 0 fully saturated rings. The van der Waals surface area contributed by atoms with Gasteiger partial charge in [0.05, 0.1) is 10.6 Å². The zero-order chi connectivity index (χ0) is 16.4. The number of benzene rings is 1. The number of carbonyl (C=O) groups is 1. The number of hydrogen-bond donors (Lipinski definition) is 2. The molecule has 1 amide bonds. The van der Waals surface area contributed by atoms with Gasteiger partial charge in [0.2, 0.25) is 10.0 Å². The van der Waals surface area contributed by atoms with Gasteiger partial charge in [0, 0.05) is 18.4 Å². The number of aromatic nitrogens is 1. The molecule has 0 aliphatic carbocycles. The third-order valence-electron chi connectivity index (χ3n) is 3.41. The molecule has 1 aliphatic heterocycles. The van der Waals surface area contributed by atoms with E-state index in [4.69, 9.17) is 4.74 Å². The first kappa shape index (κ1) is 15.4. The van der Waals surface area contributed by atoms with Gasteiger partial charge < -0.3 is 10.1 Å². The minimum atomic E-state index is -3.74. The Morgan fingerprint density at radius 2 is 2.17 bits per heavy atom. The molecular weight excluding hydrogens is 318 g/mol. The molecule has 1 aliphatic rings. The third-order valence-corrected chi connectivity index (χ3v) is 4.95. The fourth-order valence-electron chi connectivity index (χ4n) is 2.23. The number of amides is 1. The summed E-state index contributed by atoms with van der Waals surface area (Å²) in [5, 5.41) is 2.59. The zero-order valence-corrected chi connectivity index (χ0v) is 13.1. The molecule has 0 saturated heterocycles. The molecule has 1 aromatic carbocycles. The largest absolute Gasteiger partial charge is 0.482 e. The molecule has 2 N–H and O–H groups in total. The van der Waals surface area contributed by atoms with Gasteiger partial charge in [-0.3, -0.25) is 9.78 Å². The molecule has 3 rings (SSSR count). The maximum absolute atomic E-state index is 12.5. The Bertz CT molecular complexity index is 837. The van der Waals surface area contributed by atoms with Crippen molar-refractivity contribution in [2.45, 2.75) is 17.9 Å². The highest BCUT2D eigenvalue weighted by Crippen LogP contribution is 2.30. The number of sulfonamides is 1. The summed E-state index contributed by atoms with van der Waals surface area (Å²) in [6, 6.07) is 7.44. The minimum absolute atomic E-state index is 0.0535. The van der Waals surface area contributed by atoms with E-state index >= 15 is 0 Å². The maximum atomic E-state index is 12.5. The molecule has 1 aromatic heterocycles. The summed E-state index contributed by atoms with van der Waals surface area (Å²) < 4.78 is 32.8. The Hall–Kier alpha value is -2.45. The van der Waals surface area contributed by atoms with E-state index in [2.05, 4.69) is 15.0 Å². The van der Waals surface area contributed by atoms with Gasteiger partial charge in [0.25, 0.3) is 5.91 Å². The summed E-state index contributed by atoms with van der Waals surface area (Å²) in [4.78, 5) is 15.4. The molecule has 0 saturated carbocycles. The molecule has 7 nitrogen and oxygen atoms in total. The number of nitrogens with zero attached hydrogens (tertiary/aromatic N) is 1. The lowest BCUT2D eigenvalue weighted by Crippen LogP contribution is -2.28. The van der Waals surface area contributed by atoms with Crippen LogP contribution in [0.2, 0.25) is 0 Å². The normalized spacial score (nSPS) is 15.3. The molecule has 120 valence electrons. The van der Waals surface area contributed by atoms with Crippen LogP contribution in [0.3, 0.4) is 0 Å². The number of hydrogen-bond acceptors (Lipinski definition) is 5. The molecule has 0 bridgehead atoms. The second kappa shape index (κ2) is 5.98. The van der Waals surface area contributed by atoms with E-state index in [-0.39, 0.29) is 17.4 Å². The quantitative estimate of drug-likeness (QED) is 0.882. The monoisotopic (exact) mass is 333 g/mol. The van der Waals surface area contributed by atoms with E-state index in [0.717, 1.165) is 5.56 Å². The van der Waals surface area contributed by atoms with Crippen LogP contribution >= 0.6 is 0 Å². The van der Waals surface area contributed by atoms with Crippen LogP contribution < -0.4 is 14.8 Å². The third kappa shape index (κ3) is 3.33. The average molecular weight is 333 g/mol. The molecular formula is C15H15N3O4S. The molecule has 2 heterocycles. The summed E-state index contributed by atoms with van der Waals surface area (Å²) in [6.07, 6.45) is 3.23. The van der Waals surface area contributed by atoms with Gasteiger partial charge in [-0.2, -0.15) is 0 Å². The number of carbonyl (C=O) groups excluding carboxylic acids is 1. The predicted octanol–water partition coefficient (Wildman–Crippen LogP) is 1.45. The van der Waals surface area contributed by atoms with Crippen molar-refractivity contribution in [3.63, 3.8) is 0 Å². The van der Waals surface area contributed by atoms with E-state index in [1.165, 1.54) is 18.2 Å². The molecule has 0 radical (unpaired) electrons. The molecule has 0 unspecified atom stereocenters. The number of anilines is 1. The van der Waals surface area contributed by atoms with Crippen molar-refractivity contribution in [3.05, 3.63) is 48.3 Å². The number of ether oxygens (including phenoxy) is 1. The standard InChI is InChI=1S/C15H15N3O4S/c1-10(11-3-2-6-16-8-11)18-23(20,21)12-4-5-14-13(7-12)17-15(19)9-22-14/h2-8,10,18H,9H2,1H3,(H,17,19)/t10-/m0/s1. The highest BCUT2D eigenvalue weighted by atomic mass is 32.2. The summed E-state index contributed by atoms with van der Waals surface area (Å²) >= 11 is 0. The SMILES string of the molecule is C[C@H](NS(=O)(=O)c1ccc2c(c1)NC(=O)CO2)c1cccnc1. The first-order valence-electron chi connectivity index (χ1n) is 6.95. The Morgan fingerprint density at radius 3 is 2.91 bits per heavy atom. The van der Waals surface area contributed by atoms with Crippen molar-refractivity contribution < 1.29 is 17.9 Å². The number of fused-ring (bicyclic) bond motifs is 1. The van der Waals surface area contributed by atoms with E-state index in [1.807, 2.05) is 0 Å². The predicted molar refractivity (Wildman–Crippen MR) is 83.5 cm³/mol. The van der Waals surface area contributed by atoms with Crippen LogP contribution in [-0.4, -0.2) is 25.9 Å². The van der Waals surface area contributed by atoms with Crippen LogP contribution in [0.4, 0.5) is 5.69 Å². The number of rotatable bonds is 4. The summed E-state index contributed by atoms with van der Waals surface area (Å²) in [7, 11) is -3.74. The van der Waals surface area contributed by atoms with Crippen molar-refractivity contribution >= 4 is 21.6 Å². The highest BCUT2D eigenvalue weighted by molar-refractivity contribution is 7.89. The number of nitrogens with one attached hydrogen (secondary N) is 2. The van der Waals surface area contributed by atoms with Crippen LogP contribution in [-0.2, 0) is 14.8 Å². The van der Waals surface area contributed by atoms with Gasteiger partial charge in [-0.25, -0.2) is 13.1 Å². The Morgan fingerprint density at radius 1 is 1.35 bits per heavy atom. The molecule has 0 spiro atoms. The van der Waals surface area contributed by atoms with Gasteiger partial charge >= 0.3 is 0 Å². The van der Waals surface area contributed by atoms with Crippen molar-refractivity contribution in [3.8, 4) is 5.75 Å². The first-order chi connectivity index (χ1) is 11.0. The topological polar surface area (TPSA) is 97.4 Å². The van der Waals surface area contributed by atoms with Gasteiger partial charge in [0.15, 0.2) is 6.61 Å². The fourth-order valence-corrected chi connectivity index (χ4v) is 3.49. The van der Waals surface area contributed by atoms with Crippen molar-refractivity contribution in [1.29, 1.82) is 0 Å². The van der Waals surface area contributed by atoms with Crippen molar-refractivity contribution in [2.24, 2.45) is 0 Å². The summed E-state index contributed by atoms with van der Waals surface area (Å²) in [5.74, 6) is 0.132. The van der Waals surface area contributed by atoms with E-state index in [9.17, 15) is 13.2 Å². The Kier molecular flexibility index (Phi) is 4.01. The highest BCUT2D eigenvalue weighted by Gasteiger charge is 2.22. The minimum Gasteiger partial charge on any atom is -0.482 e. The zero-order valence-electron chi connectivity index (χ0n) is 12.3. The van der Waals surface area contributed by atoms with Gasteiger partial charge in [0.1, 0.15) is 5.75 Å². The Balaban J connectivity index is 1.85. The van der Waals surface area contributed by atoms with E-state index in [1.54, 1.807) is 31.5 Å². The van der Waals surface area contributed by atoms with Crippen LogP contribution in [0.5, 0.6) is 5.75 Å². The van der Waals surface area contributed by atoms with Crippen LogP contribution in [0.1, 0.15) is 18.5 Å². The van der Waals surface area contributed by atoms with Crippen molar-refractivity contribution in [1.82, 2.24) is 9.71 Å². The van der Waals surface area contributed by atoms with E-state index < -0.39 is 16.1 Å². The van der Waals surface area contributed by atoms with Gasteiger partial charge in [-0.15, -0.1) is 0 Å². The smallest absolute Gasteiger partial charge is 0.262 e. The lowest BCUT2D eigenvalue weighted by molar-refractivity contribution is -0.118. The van der Waals surface area contributed by atoms with Crippen LogP contribution in [0.15, 0.2) is 47.6 Å². The van der Waals surface area contributed by atoms with Crippen LogP contribution in [0.25, 0.3) is 0 Å². The lowest BCUT2D eigenvalue weighted by Gasteiger charge is -2.19. The second-order valence-electron chi connectivity index (χ2n) is 5.12. The van der Waals surface area contributed by atoms with Gasteiger partial charge in [-0.1, -0.05) is 6.07 Å². The first-order valence-corrected chi connectivity index (χ1v) is 8.43. The lowest BCUT2D eigenvalue weighted by atomic mass is 10.2. The molecule has 8 heteroatoms. The van der Waals surface area contributed by atoms with Gasteiger partial charge in [-0.05, 0) is 36.8 Å². The number of pyridine rings is 1. The van der Waals surface area contributed by atoms with E-state index in [0.29, 0.717) is 11.4 Å².